The van der Waals surface area contributed by atoms with Gasteiger partial charge in [0, 0.05) is 21.9 Å². The molecule has 4 heteroatoms. The van der Waals surface area contributed by atoms with E-state index < -0.39 is 0 Å². The second-order valence-corrected chi connectivity index (χ2v) is 12.0. The molecule has 1 aliphatic carbocycles. The maximum absolute atomic E-state index is 6.52. The summed E-state index contributed by atoms with van der Waals surface area (Å²) < 4.78 is 6.52. The van der Waals surface area contributed by atoms with Gasteiger partial charge >= 0.3 is 0 Å². The Labute approximate surface area is 278 Å². The fourth-order valence-electron chi connectivity index (χ4n) is 7.06. The summed E-state index contributed by atoms with van der Waals surface area (Å²) in [6.45, 7) is 4.51. The summed E-state index contributed by atoms with van der Waals surface area (Å²) in [5.74, 6) is 1.08. The Hall–Kier alpha value is -6.39. The zero-order valence-corrected chi connectivity index (χ0v) is 26.1. The molecule has 1 aromatic heterocycles. The Kier molecular flexibility index (Phi) is 6.65. The first-order valence-corrected chi connectivity index (χ1v) is 16.1. The molecule has 0 aliphatic heterocycles. The molecule has 0 bridgehead atoms. The molecule has 9 rings (SSSR count). The van der Waals surface area contributed by atoms with Crippen molar-refractivity contribution >= 4 is 51.1 Å². The van der Waals surface area contributed by atoms with Gasteiger partial charge in [0.2, 0.25) is 0 Å². The number of benzene rings is 7. The average Bonchev–Trinajstić information content (AvgIpc) is 3.69. The summed E-state index contributed by atoms with van der Waals surface area (Å²) in [5, 5.41) is 4.43. The molecule has 8 aromatic rings. The maximum atomic E-state index is 6.52. The molecule has 0 saturated carbocycles. The first-order chi connectivity index (χ1) is 23.8. The fourth-order valence-corrected chi connectivity index (χ4v) is 7.06. The van der Waals surface area contributed by atoms with Crippen LogP contribution in [0.25, 0.3) is 66.1 Å². The summed E-state index contributed by atoms with van der Waals surface area (Å²) in [6.07, 6.45) is 0. The Morgan fingerprint density at radius 3 is 1.96 bits per heavy atom. The summed E-state index contributed by atoms with van der Waals surface area (Å²) in [6, 6.07) is 52.4. The molecule has 1 aliphatic rings. The van der Waals surface area contributed by atoms with E-state index in [4.69, 9.17) is 14.4 Å². The van der Waals surface area contributed by atoms with E-state index in [2.05, 4.69) is 96.6 Å². The van der Waals surface area contributed by atoms with Gasteiger partial charge in [-0.3, -0.25) is 4.99 Å². The van der Waals surface area contributed by atoms with Crippen LogP contribution in [0.1, 0.15) is 16.7 Å². The van der Waals surface area contributed by atoms with E-state index in [0.717, 1.165) is 49.8 Å². The Bertz CT molecular complexity index is 2570. The van der Waals surface area contributed by atoms with Crippen LogP contribution in [-0.4, -0.2) is 18.4 Å². The number of fused-ring (bicyclic) bond motifs is 6. The SMILES string of the molecule is C=N/C(=N\C(=N/Cc1ccccc1)c1ccccc1)c1cc(-c2ccc3c4c(cccc24)-c2ccccc2-3)cc2oc3ccccc3c12. The Balaban J connectivity index is 1.28. The number of amidine groups is 2. The number of aliphatic imine (C=N–C) groups is 3. The predicted molar refractivity (Wildman–Crippen MR) is 200 cm³/mol. The van der Waals surface area contributed by atoms with Crippen molar-refractivity contribution in [2.75, 3.05) is 0 Å². The van der Waals surface area contributed by atoms with Gasteiger partial charge in [-0.2, -0.15) is 0 Å². The van der Waals surface area contributed by atoms with Crippen LogP contribution in [0.2, 0.25) is 0 Å². The molecule has 4 nitrogen and oxygen atoms in total. The zero-order valence-electron chi connectivity index (χ0n) is 26.1. The first-order valence-electron chi connectivity index (χ1n) is 16.1. The zero-order chi connectivity index (χ0) is 32.0. The van der Waals surface area contributed by atoms with E-state index in [1.54, 1.807) is 0 Å². The number of rotatable bonds is 5. The van der Waals surface area contributed by atoms with Crippen LogP contribution in [0, 0.1) is 0 Å². The van der Waals surface area contributed by atoms with Gasteiger partial charge in [0.25, 0.3) is 0 Å². The van der Waals surface area contributed by atoms with Crippen LogP contribution in [0.3, 0.4) is 0 Å². The third-order valence-electron chi connectivity index (χ3n) is 9.23. The van der Waals surface area contributed by atoms with Crippen molar-refractivity contribution in [3.63, 3.8) is 0 Å². The summed E-state index contributed by atoms with van der Waals surface area (Å²) in [7, 11) is 0. The van der Waals surface area contributed by atoms with Crippen molar-refractivity contribution in [3.8, 4) is 33.4 Å². The molecular formula is C44H29N3O. The molecule has 0 unspecified atom stereocenters. The summed E-state index contributed by atoms with van der Waals surface area (Å²) in [5.41, 5.74) is 11.7. The van der Waals surface area contributed by atoms with Crippen LogP contribution >= 0.6 is 0 Å². The molecule has 226 valence electrons. The molecule has 0 amide bonds. The minimum absolute atomic E-state index is 0.488. The molecular weight excluding hydrogens is 587 g/mol. The number of hydrogen-bond donors (Lipinski definition) is 0. The van der Waals surface area contributed by atoms with Gasteiger partial charge < -0.3 is 4.42 Å². The molecule has 0 atom stereocenters. The third kappa shape index (κ3) is 4.57. The molecule has 0 fully saturated rings. The van der Waals surface area contributed by atoms with E-state index in [1.165, 1.54) is 33.0 Å². The average molecular weight is 616 g/mol. The summed E-state index contributed by atoms with van der Waals surface area (Å²) in [4.78, 5) is 14.7. The highest BCUT2D eigenvalue weighted by atomic mass is 16.3. The molecule has 0 saturated heterocycles. The lowest BCUT2D eigenvalue weighted by molar-refractivity contribution is 0.669. The molecule has 7 aromatic carbocycles. The van der Waals surface area contributed by atoms with Crippen molar-refractivity contribution in [3.05, 3.63) is 168 Å². The lowest BCUT2D eigenvalue weighted by Gasteiger charge is -2.12. The molecule has 0 radical (unpaired) electrons. The van der Waals surface area contributed by atoms with E-state index in [1.807, 2.05) is 66.7 Å². The van der Waals surface area contributed by atoms with Crippen molar-refractivity contribution in [2.45, 2.75) is 6.54 Å². The summed E-state index contributed by atoms with van der Waals surface area (Å²) >= 11 is 0. The van der Waals surface area contributed by atoms with Gasteiger partial charge in [-0.1, -0.05) is 133 Å². The molecule has 48 heavy (non-hydrogen) atoms. The van der Waals surface area contributed by atoms with Crippen LogP contribution < -0.4 is 0 Å². The topological polar surface area (TPSA) is 50.2 Å². The van der Waals surface area contributed by atoms with Gasteiger partial charge in [0.05, 0.1) is 6.54 Å². The van der Waals surface area contributed by atoms with Gasteiger partial charge in [0.1, 0.15) is 11.2 Å². The second-order valence-electron chi connectivity index (χ2n) is 12.0. The number of hydrogen-bond acceptors (Lipinski definition) is 2. The third-order valence-corrected chi connectivity index (χ3v) is 9.23. The maximum Gasteiger partial charge on any atom is 0.161 e. The van der Waals surface area contributed by atoms with Gasteiger partial charge in [-0.25, -0.2) is 9.98 Å². The van der Waals surface area contributed by atoms with Crippen molar-refractivity contribution in [1.29, 1.82) is 0 Å². The van der Waals surface area contributed by atoms with Crippen molar-refractivity contribution < 1.29 is 4.42 Å². The van der Waals surface area contributed by atoms with Crippen molar-refractivity contribution in [1.82, 2.24) is 0 Å². The van der Waals surface area contributed by atoms with Crippen LogP contribution in [0.4, 0.5) is 0 Å². The molecule has 0 spiro atoms. The van der Waals surface area contributed by atoms with E-state index in [0.29, 0.717) is 18.2 Å². The molecule has 0 N–H and O–H groups in total. The monoisotopic (exact) mass is 615 g/mol. The minimum Gasteiger partial charge on any atom is -0.456 e. The van der Waals surface area contributed by atoms with Gasteiger partial charge in [-0.15, -0.1) is 0 Å². The van der Waals surface area contributed by atoms with Crippen LogP contribution in [-0.2, 0) is 6.54 Å². The minimum atomic E-state index is 0.488. The molecule has 1 heterocycles. The lowest BCUT2D eigenvalue weighted by atomic mass is 9.92. The standard InChI is InChI=1S/C44H29N3O/c1-45-44(47-43(29-15-6-3-7-16-29)46-27-28-13-4-2-5-14-28)38-25-30(26-40-42(38)37-19-10-11-22-39(37)48-40)31-23-24-36-33-18-9-8-17-32(33)35-21-12-20-34(31)41(35)36/h2-26H,1,27H2/b46-43-,47-44-. The Morgan fingerprint density at radius 1 is 0.521 bits per heavy atom. The van der Waals surface area contributed by atoms with E-state index >= 15 is 0 Å². The lowest BCUT2D eigenvalue weighted by Crippen LogP contribution is -2.06. The van der Waals surface area contributed by atoms with Gasteiger partial charge in [0.15, 0.2) is 11.7 Å². The number of para-hydroxylation sites is 1. The van der Waals surface area contributed by atoms with Crippen LogP contribution in [0.15, 0.2) is 171 Å². The predicted octanol–water partition coefficient (Wildman–Crippen LogP) is 11.1. The highest BCUT2D eigenvalue weighted by molar-refractivity contribution is 6.24. The van der Waals surface area contributed by atoms with Gasteiger partial charge in [-0.05, 0) is 74.6 Å². The van der Waals surface area contributed by atoms with Crippen LogP contribution in [0.5, 0.6) is 0 Å². The van der Waals surface area contributed by atoms with Crippen molar-refractivity contribution in [2.24, 2.45) is 15.0 Å². The largest absolute Gasteiger partial charge is 0.456 e. The number of furan rings is 1. The van der Waals surface area contributed by atoms with E-state index in [-0.39, 0.29) is 0 Å². The van der Waals surface area contributed by atoms with E-state index in [9.17, 15) is 0 Å². The fraction of sp³-hybridized carbons (Fsp3) is 0.0227. The quantitative estimate of drug-likeness (QED) is 0.140. The highest BCUT2D eigenvalue weighted by Crippen LogP contribution is 2.49. The smallest absolute Gasteiger partial charge is 0.161 e. The normalized spacial score (nSPS) is 12.6. The second kappa shape index (κ2) is 11.4. The Morgan fingerprint density at radius 2 is 1.17 bits per heavy atom. The number of nitrogens with zero attached hydrogens (tertiary/aromatic N) is 3. The first kappa shape index (κ1) is 27.9. The highest BCUT2D eigenvalue weighted by Gasteiger charge is 2.24.